The third-order valence-corrected chi connectivity index (χ3v) is 4.82. The summed E-state index contributed by atoms with van der Waals surface area (Å²) in [7, 11) is -2.12. The van der Waals surface area contributed by atoms with Gasteiger partial charge in [-0.25, -0.2) is 8.42 Å². The highest BCUT2D eigenvalue weighted by Gasteiger charge is 2.26. The van der Waals surface area contributed by atoms with Crippen LogP contribution in [0.15, 0.2) is 34.0 Å². The molecule has 0 saturated heterocycles. The summed E-state index contributed by atoms with van der Waals surface area (Å²) in [6, 6.07) is 3.72. The first kappa shape index (κ1) is 15.7. The second kappa shape index (κ2) is 6.42. The lowest BCUT2D eigenvalue weighted by Crippen LogP contribution is -2.29. The van der Waals surface area contributed by atoms with E-state index < -0.39 is 10.0 Å². The van der Waals surface area contributed by atoms with Gasteiger partial charge in [-0.3, -0.25) is 5.10 Å². The zero-order chi connectivity index (χ0) is 15.5. The summed E-state index contributed by atoms with van der Waals surface area (Å²) >= 11 is 0. The van der Waals surface area contributed by atoms with Crippen molar-refractivity contribution in [2.45, 2.75) is 38.0 Å². The molecule has 116 valence electrons. The Labute approximate surface area is 124 Å². The molecule has 0 bridgehead atoms. The molecule has 2 aromatic rings. The predicted molar refractivity (Wildman–Crippen MR) is 77.9 cm³/mol. The molecular weight excluding hydrogens is 292 g/mol. The van der Waals surface area contributed by atoms with Crippen LogP contribution in [0.2, 0.25) is 0 Å². The van der Waals surface area contributed by atoms with Gasteiger partial charge in [0.25, 0.3) is 10.0 Å². The number of rotatable bonds is 7. The number of nitrogens with zero attached hydrogens (tertiary/aromatic N) is 2. The molecule has 21 heavy (non-hydrogen) atoms. The van der Waals surface area contributed by atoms with Crippen molar-refractivity contribution in [3.63, 3.8) is 0 Å². The van der Waals surface area contributed by atoms with E-state index in [1.165, 1.54) is 23.8 Å². The predicted octanol–water partition coefficient (Wildman–Crippen LogP) is 1.32. The summed E-state index contributed by atoms with van der Waals surface area (Å²) in [6.07, 6.45) is 3.05. The Morgan fingerprint density at radius 2 is 2.24 bits per heavy atom. The molecule has 0 aliphatic carbocycles. The summed E-state index contributed by atoms with van der Waals surface area (Å²) in [5, 5.41) is 9.73. The number of nitrogens with one attached hydrogen (secondary N) is 2. The van der Waals surface area contributed by atoms with Crippen LogP contribution in [-0.4, -0.2) is 36.0 Å². The molecule has 0 aromatic carbocycles. The van der Waals surface area contributed by atoms with Gasteiger partial charge in [0, 0.05) is 25.2 Å². The molecule has 0 atom stereocenters. The Hall–Kier alpha value is -1.64. The van der Waals surface area contributed by atoms with E-state index in [1.54, 1.807) is 12.1 Å². The van der Waals surface area contributed by atoms with Crippen molar-refractivity contribution in [2.24, 2.45) is 0 Å². The fraction of sp³-hybridized carbons (Fsp3) is 0.462. The van der Waals surface area contributed by atoms with Gasteiger partial charge in [0.15, 0.2) is 5.03 Å². The van der Waals surface area contributed by atoms with Crippen LogP contribution in [-0.2, 0) is 23.1 Å². The van der Waals surface area contributed by atoms with Gasteiger partial charge in [-0.2, -0.15) is 9.40 Å². The van der Waals surface area contributed by atoms with E-state index in [0.29, 0.717) is 17.9 Å². The molecule has 0 spiro atoms. The van der Waals surface area contributed by atoms with E-state index in [4.69, 9.17) is 4.42 Å². The van der Waals surface area contributed by atoms with Gasteiger partial charge >= 0.3 is 0 Å². The Morgan fingerprint density at radius 3 is 2.86 bits per heavy atom. The maximum Gasteiger partial charge on any atom is 0.260 e. The number of furan rings is 1. The number of aromatic amines is 1. The molecule has 0 unspecified atom stereocenters. The van der Waals surface area contributed by atoms with Gasteiger partial charge in [0.2, 0.25) is 0 Å². The van der Waals surface area contributed by atoms with Gasteiger partial charge in [-0.1, -0.05) is 13.8 Å². The lowest BCUT2D eigenvalue weighted by Gasteiger charge is -2.16. The van der Waals surface area contributed by atoms with Gasteiger partial charge < -0.3 is 9.73 Å². The second-order valence-corrected chi connectivity index (χ2v) is 7.08. The maximum absolute atomic E-state index is 12.6. The molecule has 2 heterocycles. The summed E-state index contributed by atoms with van der Waals surface area (Å²) in [5.74, 6) is 0.586. The molecule has 0 aliphatic heterocycles. The maximum atomic E-state index is 12.6. The van der Waals surface area contributed by atoms with Crippen molar-refractivity contribution in [1.29, 1.82) is 0 Å². The van der Waals surface area contributed by atoms with Crippen LogP contribution in [0.1, 0.15) is 25.2 Å². The van der Waals surface area contributed by atoms with Crippen molar-refractivity contribution in [1.82, 2.24) is 19.8 Å². The lowest BCUT2D eigenvalue weighted by atomic mass is 10.3. The quantitative estimate of drug-likeness (QED) is 0.804. The molecule has 0 aliphatic rings. The normalized spacial score (nSPS) is 12.4. The van der Waals surface area contributed by atoms with Crippen molar-refractivity contribution >= 4 is 10.0 Å². The minimum absolute atomic E-state index is 0.115. The highest BCUT2D eigenvalue weighted by molar-refractivity contribution is 7.89. The second-order valence-electron chi connectivity index (χ2n) is 5.10. The first-order chi connectivity index (χ1) is 9.91. The first-order valence-corrected chi connectivity index (χ1v) is 8.09. The van der Waals surface area contributed by atoms with Gasteiger partial charge in [-0.05, 0) is 12.1 Å². The van der Waals surface area contributed by atoms with Gasteiger partial charge in [0.05, 0.1) is 19.0 Å². The molecular formula is C13H20N4O3S. The number of aromatic nitrogens is 2. The molecule has 8 heteroatoms. The molecule has 0 amide bonds. The fourth-order valence-corrected chi connectivity index (χ4v) is 3.06. The van der Waals surface area contributed by atoms with Crippen molar-refractivity contribution in [3.05, 3.63) is 35.9 Å². The average molecular weight is 312 g/mol. The smallest absolute Gasteiger partial charge is 0.260 e. The van der Waals surface area contributed by atoms with E-state index in [9.17, 15) is 8.42 Å². The number of H-pyrrole nitrogens is 1. The van der Waals surface area contributed by atoms with E-state index in [-0.39, 0.29) is 17.6 Å². The topological polar surface area (TPSA) is 91.2 Å². The minimum atomic E-state index is -3.64. The Bertz CT molecular complexity index is 661. The van der Waals surface area contributed by atoms with Gasteiger partial charge in [-0.15, -0.1) is 0 Å². The monoisotopic (exact) mass is 312 g/mol. The molecule has 2 N–H and O–H groups in total. The summed E-state index contributed by atoms with van der Waals surface area (Å²) in [6.45, 7) is 4.61. The SMILES string of the molecule is CC(C)NCc1cn[nH]c1S(=O)(=O)N(C)Cc1ccco1. The Kier molecular flexibility index (Phi) is 4.81. The van der Waals surface area contributed by atoms with Crippen LogP contribution in [0.4, 0.5) is 0 Å². The largest absolute Gasteiger partial charge is 0.468 e. The minimum Gasteiger partial charge on any atom is -0.468 e. The molecule has 0 radical (unpaired) electrons. The fourth-order valence-electron chi connectivity index (χ4n) is 1.83. The van der Waals surface area contributed by atoms with Crippen molar-refractivity contribution < 1.29 is 12.8 Å². The van der Waals surface area contributed by atoms with Crippen molar-refractivity contribution in [3.8, 4) is 0 Å². The third kappa shape index (κ3) is 3.72. The number of hydrogen-bond donors (Lipinski definition) is 2. The highest BCUT2D eigenvalue weighted by Crippen LogP contribution is 2.18. The van der Waals surface area contributed by atoms with E-state index in [1.807, 2.05) is 13.8 Å². The number of sulfonamides is 1. The van der Waals surface area contributed by atoms with E-state index in [0.717, 1.165) is 0 Å². The molecule has 2 rings (SSSR count). The third-order valence-electron chi connectivity index (χ3n) is 3.01. The van der Waals surface area contributed by atoms with Crippen LogP contribution >= 0.6 is 0 Å². The van der Waals surface area contributed by atoms with Crippen LogP contribution in [0.5, 0.6) is 0 Å². The summed E-state index contributed by atoms with van der Waals surface area (Å²) in [5.41, 5.74) is 0.620. The van der Waals surface area contributed by atoms with E-state index in [2.05, 4.69) is 15.5 Å². The lowest BCUT2D eigenvalue weighted by molar-refractivity contribution is 0.404. The molecule has 0 saturated carbocycles. The average Bonchev–Trinajstić information content (AvgIpc) is 3.06. The summed E-state index contributed by atoms with van der Waals surface area (Å²) in [4.78, 5) is 0. The van der Waals surface area contributed by atoms with Crippen LogP contribution in [0, 0.1) is 0 Å². The highest BCUT2D eigenvalue weighted by atomic mass is 32.2. The Balaban J connectivity index is 2.17. The van der Waals surface area contributed by atoms with Crippen LogP contribution in [0.25, 0.3) is 0 Å². The summed E-state index contributed by atoms with van der Waals surface area (Å²) < 4.78 is 31.6. The van der Waals surface area contributed by atoms with Crippen LogP contribution in [0.3, 0.4) is 0 Å². The molecule has 7 nitrogen and oxygen atoms in total. The first-order valence-electron chi connectivity index (χ1n) is 6.65. The number of hydrogen-bond acceptors (Lipinski definition) is 5. The standard InChI is InChI=1S/C13H20N4O3S/c1-10(2)14-7-11-8-15-16-13(11)21(18,19)17(3)9-12-5-4-6-20-12/h4-6,8,10,14H,7,9H2,1-3H3,(H,15,16). The Morgan fingerprint density at radius 1 is 1.48 bits per heavy atom. The van der Waals surface area contributed by atoms with Crippen LogP contribution < -0.4 is 5.32 Å². The van der Waals surface area contributed by atoms with E-state index >= 15 is 0 Å². The van der Waals surface area contributed by atoms with Crippen molar-refractivity contribution in [2.75, 3.05) is 7.05 Å². The van der Waals surface area contributed by atoms with Gasteiger partial charge in [0.1, 0.15) is 5.76 Å². The molecule has 2 aromatic heterocycles. The molecule has 0 fully saturated rings. The zero-order valence-corrected chi connectivity index (χ0v) is 13.1. The zero-order valence-electron chi connectivity index (χ0n) is 12.3.